The van der Waals surface area contributed by atoms with E-state index < -0.39 is 6.04 Å². The molecule has 1 unspecified atom stereocenters. The highest BCUT2D eigenvalue weighted by Gasteiger charge is 2.14. The average molecular weight is 337 g/mol. The number of hydrogen-bond acceptors (Lipinski definition) is 4. The summed E-state index contributed by atoms with van der Waals surface area (Å²) >= 11 is 0. The van der Waals surface area contributed by atoms with E-state index in [0.717, 1.165) is 5.56 Å². The van der Waals surface area contributed by atoms with Gasteiger partial charge in [0, 0.05) is 0 Å². The van der Waals surface area contributed by atoms with E-state index in [1.54, 1.807) is 24.3 Å². The van der Waals surface area contributed by atoms with E-state index in [1.807, 2.05) is 30.3 Å². The number of fused-ring (bicyclic) bond motifs is 1. The Morgan fingerprint density at radius 1 is 1.12 bits per heavy atom. The molecule has 3 aromatic rings. The first-order valence-corrected chi connectivity index (χ1v) is 8.05. The number of nitrogens with one attached hydrogen (secondary N) is 1. The molecule has 3 rings (SSSR count). The molecule has 6 heteroatoms. The number of amides is 1. The minimum Gasteiger partial charge on any atom is -0.394 e. The van der Waals surface area contributed by atoms with Crippen LogP contribution in [0.5, 0.6) is 0 Å². The molecule has 2 aromatic carbocycles. The molecule has 0 saturated heterocycles. The highest BCUT2D eigenvalue weighted by Crippen LogP contribution is 2.05. The zero-order valence-electron chi connectivity index (χ0n) is 13.6. The molecule has 0 aliphatic rings. The van der Waals surface area contributed by atoms with Gasteiger partial charge in [-0.2, -0.15) is 0 Å². The van der Waals surface area contributed by atoms with Gasteiger partial charge in [0.05, 0.1) is 29.9 Å². The Morgan fingerprint density at radius 2 is 1.84 bits per heavy atom. The summed E-state index contributed by atoms with van der Waals surface area (Å²) in [6.45, 7) is -0.312. The predicted octanol–water partition coefficient (Wildman–Crippen LogP) is 1.12. The van der Waals surface area contributed by atoms with Crippen molar-refractivity contribution in [3.05, 3.63) is 76.8 Å². The van der Waals surface area contributed by atoms with Crippen molar-refractivity contribution in [1.29, 1.82) is 0 Å². The van der Waals surface area contributed by atoms with Crippen molar-refractivity contribution in [2.45, 2.75) is 19.0 Å². The van der Waals surface area contributed by atoms with Gasteiger partial charge < -0.3 is 10.4 Å². The van der Waals surface area contributed by atoms with Gasteiger partial charge in [-0.25, -0.2) is 4.98 Å². The van der Waals surface area contributed by atoms with E-state index in [2.05, 4.69) is 10.3 Å². The van der Waals surface area contributed by atoms with Crippen molar-refractivity contribution >= 4 is 16.8 Å². The molecule has 0 aliphatic carbocycles. The summed E-state index contributed by atoms with van der Waals surface area (Å²) in [6, 6.07) is 16.2. The SMILES string of the molecule is O=C(Cn1cnc2ccccc2c1=O)NC(CO)Cc1ccccc1. The largest absolute Gasteiger partial charge is 0.394 e. The third-order valence-corrected chi connectivity index (χ3v) is 3.96. The van der Waals surface area contributed by atoms with Crippen molar-refractivity contribution in [1.82, 2.24) is 14.9 Å². The molecule has 2 N–H and O–H groups in total. The lowest BCUT2D eigenvalue weighted by molar-refractivity contribution is -0.122. The Kier molecular flexibility index (Phi) is 5.20. The lowest BCUT2D eigenvalue weighted by atomic mass is 10.1. The van der Waals surface area contributed by atoms with Crippen LogP contribution in [0, 0.1) is 0 Å². The maximum atomic E-state index is 12.4. The molecule has 1 atom stereocenters. The van der Waals surface area contributed by atoms with Gasteiger partial charge in [-0.3, -0.25) is 14.2 Å². The highest BCUT2D eigenvalue weighted by molar-refractivity contribution is 5.79. The minimum atomic E-state index is -0.404. The second-order valence-corrected chi connectivity index (χ2v) is 5.83. The number of carbonyl (C=O) groups is 1. The lowest BCUT2D eigenvalue weighted by Gasteiger charge is -2.17. The molecule has 25 heavy (non-hydrogen) atoms. The quantitative estimate of drug-likeness (QED) is 0.706. The zero-order chi connectivity index (χ0) is 17.6. The molecular weight excluding hydrogens is 318 g/mol. The molecule has 0 spiro atoms. The number of nitrogens with zero attached hydrogens (tertiary/aromatic N) is 2. The van der Waals surface area contributed by atoms with E-state index in [-0.39, 0.29) is 24.6 Å². The Balaban J connectivity index is 1.69. The van der Waals surface area contributed by atoms with E-state index in [1.165, 1.54) is 10.9 Å². The van der Waals surface area contributed by atoms with Crippen LogP contribution in [-0.2, 0) is 17.8 Å². The van der Waals surface area contributed by atoms with Crippen molar-refractivity contribution in [2.75, 3.05) is 6.61 Å². The van der Waals surface area contributed by atoms with Gasteiger partial charge in [-0.15, -0.1) is 0 Å². The molecule has 1 aromatic heterocycles. The van der Waals surface area contributed by atoms with Gasteiger partial charge in [0.15, 0.2) is 0 Å². The number of para-hydroxylation sites is 1. The summed E-state index contributed by atoms with van der Waals surface area (Å²) in [5.41, 5.74) is 1.36. The molecule has 128 valence electrons. The number of rotatable bonds is 6. The molecule has 0 bridgehead atoms. The summed E-state index contributed by atoms with van der Waals surface area (Å²) in [5.74, 6) is -0.339. The molecule has 1 amide bonds. The third-order valence-electron chi connectivity index (χ3n) is 3.96. The predicted molar refractivity (Wildman–Crippen MR) is 95.2 cm³/mol. The van der Waals surface area contributed by atoms with Crippen LogP contribution in [0.4, 0.5) is 0 Å². The monoisotopic (exact) mass is 337 g/mol. The summed E-state index contributed by atoms with van der Waals surface area (Å²) in [4.78, 5) is 28.9. The first-order valence-electron chi connectivity index (χ1n) is 8.05. The van der Waals surface area contributed by atoms with Crippen molar-refractivity contribution < 1.29 is 9.90 Å². The highest BCUT2D eigenvalue weighted by atomic mass is 16.3. The van der Waals surface area contributed by atoms with Crippen LogP contribution in [-0.4, -0.2) is 33.2 Å². The summed E-state index contributed by atoms with van der Waals surface area (Å²) in [7, 11) is 0. The lowest BCUT2D eigenvalue weighted by Crippen LogP contribution is -2.42. The maximum absolute atomic E-state index is 12.4. The van der Waals surface area contributed by atoms with Gasteiger partial charge in [0.2, 0.25) is 5.91 Å². The fraction of sp³-hybridized carbons (Fsp3) is 0.211. The average Bonchev–Trinajstić information content (AvgIpc) is 2.64. The normalized spacial score (nSPS) is 12.0. The van der Waals surface area contributed by atoms with Crippen molar-refractivity contribution in [3.8, 4) is 0 Å². The van der Waals surface area contributed by atoms with Crippen LogP contribution in [0.1, 0.15) is 5.56 Å². The molecule has 0 aliphatic heterocycles. The standard InChI is InChI=1S/C19H19N3O3/c23-12-15(10-14-6-2-1-3-7-14)21-18(24)11-22-13-20-17-9-5-4-8-16(17)19(22)25/h1-9,13,15,23H,10-12H2,(H,21,24). The Labute approximate surface area is 144 Å². The van der Waals surface area contributed by atoms with Crippen LogP contribution < -0.4 is 10.9 Å². The second-order valence-electron chi connectivity index (χ2n) is 5.83. The van der Waals surface area contributed by atoms with E-state index in [0.29, 0.717) is 17.3 Å². The van der Waals surface area contributed by atoms with Gasteiger partial charge in [-0.1, -0.05) is 42.5 Å². The van der Waals surface area contributed by atoms with Gasteiger partial charge in [0.25, 0.3) is 5.56 Å². The van der Waals surface area contributed by atoms with Gasteiger partial charge in [0.1, 0.15) is 6.54 Å². The van der Waals surface area contributed by atoms with Crippen molar-refractivity contribution in [2.24, 2.45) is 0 Å². The van der Waals surface area contributed by atoms with Crippen LogP contribution in [0.25, 0.3) is 10.9 Å². The molecule has 0 fully saturated rings. The second kappa shape index (κ2) is 7.72. The van der Waals surface area contributed by atoms with E-state index in [9.17, 15) is 14.7 Å². The van der Waals surface area contributed by atoms with E-state index in [4.69, 9.17) is 0 Å². The smallest absolute Gasteiger partial charge is 0.261 e. The minimum absolute atomic E-state index is 0.137. The van der Waals surface area contributed by atoms with Crippen LogP contribution >= 0.6 is 0 Å². The summed E-state index contributed by atoms with van der Waals surface area (Å²) in [6.07, 6.45) is 1.89. The van der Waals surface area contributed by atoms with Crippen molar-refractivity contribution in [3.63, 3.8) is 0 Å². The maximum Gasteiger partial charge on any atom is 0.261 e. The molecular formula is C19H19N3O3. The summed E-state index contributed by atoms with van der Waals surface area (Å²) in [5, 5.41) is 12.7. The number of aliphatic hydroxyl groups is 1. The number of aliphatic hydroxyl groups excluding tert-OH is 1. The third kappa shape index (κ3) is 4.10. The number of aromatic nitrogens is 2. The van der Waals surface area contributed by atoms with Crippen LogP contribution in [0.3, 0.4) is 0 Å². The Hall–Kier alpha value is -2.99. The Morgan fingerprint density at radius 3 is 2.60 bits per heavy atom. The molecule has 1 heterocycles. The zero-order valence-corrected chi connectivity index (χ0v) is 13.6. The molecule has 0 radical (unpaired) electrons. The first kappa shape index (κ1) is 16.9. The fourth-order valence-electron chi connectivity index (χ4n) is 2.71. The fourth-order valence-corrected chi connectivity index (χ4v) is 2.71. The van der Waals surface area contributed by atoms with Gasteiger partial charge >= 0.3 is 0 Å². The molecule has 6 nitrogen and oxygen atoms in total. The molecule has 0 saturated carbocycles. The van der Waals surface area contributed by atoms with Crippen LogP contribution in [0.15, 0.2) is 65.7 Å². The Bertz CT molecular complexity index is 922. The van der Waals surface area contributed by atoms with Gasteiger partial charge in [-0.05, 0) is 24.1 Å². The number of benzene rings is 2. The topological polar surface area (TPSA) is 84.2 Å². The first-order chi connectivity index (χ1) is 12.2. The number of hydrogen-bond donors (Lipinski definition) is 2. The summed E-state index contributed by atoms with van der Waals surface area (Å²) < 4.78 is 1.27. The van der Waals surface area contributed by atoms with E-state index >= 15 is 0 Å². The number of carbonyl (C=O) groups excluding carboxylic acids is 1. The van der Waals surface area contributed by atoms with Crippen LogP contribution in [0.2, 0.25) is 0 Å².